The summed E-state index contributed by atoms with van der Waals surface area (Å²) in [5, 5.41) is 8.90. The summed E-state index contributed by atoms with van der Waals surface area (Å²) >= 11 is 0. The summed E-state index contributed by atoms with van der Waals surface area (Å²) in [6.07, 6.45) is 6.68. The first kappa shape index (κ1) is 22.1. The fraction of sp³-hybridized carbons (Fsp3) is 0.870. The van der Waals surface area contributed by atoms with Crippen LogP contribution in [0.4, 0.5) is 4.79 Å². The van der Waals surface area contributed by atoms with Gasteiger partial charge in [-0.1, -0.05) is 39.8 Å². The quantitative estimate of drug-likeness (QED) is 0.675. The van der Waals surface area contributed by atoms with E-state index in [1.807, 2.05) is 20.8 Å². The van der Waals surface area contributed by atoms with Crippen LogP contribution in [0.3, 0.4) is 0 Å². The van der Waals surface area contributed by atoms with E-state index in [2.05, 4.69) is 55.8 Å². The second-order valence-electron chi connectivity index (χ2n) is 11.5. The Balaban J connectivity index is 1.57. The van der Waals surface area contributed by atoms with Gasteiger partial charge >= 0.3 is 6.09 Å². The number of carbonyl (C=O) groups is 1. The molecule has 0 atom stereocenters. The van der Waals surface area contributed by atoms with Crippen molar-refractivity contribution in [2.24, 2.45) is 16.7 Å². The molecule has 0 spiro atoms. The molecule has 2 fully saturated rings. The van der Waals surface area contributed by atoms with E-state index in [1.54, 1.807) is 4.90 Å². The van der Waals surface area contributed by atoms with Crippen LogP contribution in [0.15, 0.2) is 6.20 Å². The van der Waals surface area contributed by atoms with Crippen molar-refractivity contribution in [1.29, 1.82) is 0 Å². The molecular formula is C23H40N4O2. The van der Waals surface area contributed by atoms with Gasteiger partial charge in [-0.2, -0.15) is 0 Å². The highest BCUT2D eigenvalue weighted by atomic mass is 16.6. The number of hydrogen-bond acceptors (Lipinski definition) is 4. The summed E-state index contributed by atoms with van der Waals surface area (Å²) in [5.41, 5.74) is 1.26. The zero-order valence-electron chi connectivity index (χ0n) is 19.7. The van der Waals surface area contributed by atoms with Gasteiger partial charge in [-0.25, -0.2) is 9.48 Å². The van der Waals surface area contributed by atoms with Gasteiger partial charge in [-0.3, -0.25) is 0 Å². The predicted molar refractivity (Wildman–Crippen MR) is 115 cm³/mol. The molecule has 2 aliphatic rings. The Kier molecular flexibility index (Phi) is 5.78. The molecule has 29 heavy (non-hydrogen) atoms. The zero-order chi connectivity index (χ0) is 21.6. The lowest BCUT2D eigenvalue weighted by atomic mass is 9.54. The van der Waals surface area contributed by atoms with Crippen LogP contribution in [-0.2, 0) is 4.74 Å². The second-order valence-corrected chi connectivity index (χ2v) is 11.5. The van der Waals surface area contributed by atoms with Crippen molar-refractivity contribution >= 4 is 6.09 Å². The average molecular weight is 405 g/mol. The fourth-order valence-electron chi connectivity index (χ4n) is 5.37. The van der Waals surface area contributed by atoms with Crippen molar-refractivity contribution < 1.29 is 9.53 Å². The van der Waals surface area contributed by atoms with Crippen LogP contribution in [0.1, 0.15) is 98.7 Å². The van der Waals surface area contributed by atoms with E-state index >= 15 is 0 Å². The topological polar surface area (TPSA) is 60.2 Å². The van der Waals surface area contributed by atoms with Crippen molar-refractivity contribution in [1.82, 2.24) is 19.9 Å². The first-order valence-corrected chi connectivity index (χ1v) is 11.2. The molecule has 1 aromatic rings. The molecule has 1 aliphatic carbocycles. The molecule has 1 aromatic heterocycles. The summed E-state index contributed by atoms with van der Waals surface area (Å²) in [5.74, 6) is 0.952. The van der Waals surface area contributed by atoms with Crippen LogP contribution >= 0.6 is 0 Å². The van der Waals surface area contributed by atoms with E-state index in [9.17, 15) is 4.79 Å². The largest absolute Gasteiger partial charge is 0.444 e. The molecule has 0 radical (unpaired) electrons. The lowest BCUT2D eigenvalue weighted by molar-refractivity contribution is -0.0219. The molecule has 1 aliphatic heterocycles. The van der Waals surface area contributed by atoms with Gasteiger partial charge in [0.2, 0.25) is 0 Å². The van der Waals surface area contributed by atoms with Gasteiger partial charge in [0.1, 0.15) is 5.60 Å². The minimum atomic E-state index is -0.454. The third-order valence-corrected chi connectivity index (χ3v) is 7.30. The Hall–Kier alpha value is -1.59. The zero-order valence-corrected chi connectivity index (χ0v) is 19.7. The van der Waals surface area contributed by atoms with Gasteiger partial charge in [0.15, 0.2) is 0 Å². The normalized spacial score (nSPS) is 26.5. The molecule has 0 unspecified atom stereocenters. The van der Waals surface area contributed by atoms with Crippen molar-refractivity contribution in [2.75, 3.05) is 13.1 Å². The maximum Gasteiger partial charge on any atom is 0.410 e. The molecule has 164 valence electrons. The SMILES string of the molecule is CC(C)C1(C(C)(C)C)CCC(n2cc(C3CN(C(=O)OC(C)(C)C)C3)nn2)CC1. The number of likely N-dealkylation sites (tertiary alicyclic amines) is 1. The van der Waals surface area contributed by atoms with Crippen LogP contribution < -0.4 is 0 Å². The number of nitrogens with zero attached hydrogens (tertiary/aromatic N) is 4. The summed E-state index contributed by atoms with van der Waals surface area (Å²) in [6, 6.07) is 0.438. The Morgan fingerprint density at radius 3 is 2.21 bits per heavy atom. The fourth-order valence-corrected chi connectivity index (χ4v) is 5.37. The van der Waals surface area contributed by atoms with E-state index in [0.717, 1.165) is 18.5 Å². The molecule has 1 saturated heterocycles. The Bertz CT molecular complexity index is 712. The van der Waals surface area contributed by atoms with Crippen molar-refractivity contribution in [3.05, 3.63) is 11.9 Å². The lowest BCUT2D eigenvalue weighted by Gasteiger charge is -2.52. The van der Waals surface area contributed by atoms with Gasteiger partial charge in [-0.15, -0.1) is 5.10 Å². The van der Waals surface area contributed by atoms with Crippen molar-refractivity contribution in [2.45, 2.75) is 98.6 Å². The number of rotatable bonds is 3. The summed E-state index contributed by atoms with van der Waals surface area (Å²) < 4.78 is 7.52. The molecule has 2 heterocycles. The number of hydrogen-bond donors (Lipinski definition) is 0. The number of aromatic nitrogens is 3. The smallest absolute Gasteiger partial charge is 0.410 e. The number of ether oxygens (including phenoxy) is 1. The molecule has 6 nitrogen and oxygen atoms in total. The number of amides is 1. The number of carbonyl (C=O) groups excluding carboxylic acids is 1. The highest BCUT2D eigenvalue weighted by molar-refractivity contribution is 5.69. The summed E-state index contributed by atoms with van der Waals surface area (Å²) in [7, 11) is 0. The van der Waals surface area contributed by atoms with Crippen LogP contribution in [-0.4, -0.2) is 44.7 Å². The standard InChI is InChI=1S/C23H40N4O2/c1-16(2)23(21(3,4)5)11-9-18(10-12-23)27-15-19(24-25-27)17-13-26(14-17)20(28)29-22(6,7)8/h15-18H,9-14H2,1-8H3. The minimum Gasteiger partial charge on any atom is -0.444 e. The predicted octanol–water partition coefficient (Wildman–Crippen LogP) is 5.42. The highest BCUT2D eigenvalue weighted by Crippen LogP contribution is 2.55. The molecule has 3 rings (SSSR count). The summed E-state index contributed by atoms with van der Waals surface area (Å²) in [6.45, 7) is 19.0. The van der Waals surface area contributed by atoms with Crippen molar-refractivity contribution in [3.63, 3.8) is 0 Å². The minimum absolute atomic E-state index is 0.236. The molecular weight excluding hydrogens is 364 g/mol. The summed E-state index contributed by atoms with van der Waals surface area (Å²) in [4.78, 5) is 13.9. The van der Waals surface area contributed by atoms with Crippen molar-refractivity contribution in [3.8, 4) is 0 Å². The molecule has 0 aromatic carbocycles. The molecule has 0 bridgehead atoms. The van der Waals surface area contributed by atoms with E-state index in [0.29, 0.717) is 35.9 Å². The lowest BCUT2D eigenvalue weighted by Crippen LogP contribution is -2.50. The van der Waals surface area contributed by atoms with Gasteiger partial charge in [0.05, 0.1) is 11.7 Å². The Labute approximate surface area is 176 Å². The Morgan fingerprint density at radius 2 is 1.72 bits per heavy atom. The molecule has 6 heteroatoms. The van der Waals surface area contributed by atoms with E-state index < -0.39 is 5.60 Å². The molecule has 0 N–H and O–H groups in total. The van der Waals surface area contributed by atoms with E-state index in [-0.39, 0.29) is 12.0 Å². The maximum absolute atomic E-state index is 12.1. The van der Waals surface area contributed by atoms with E-state index in [1.165, 1.54) is 12.8 Å². The molecule has 1 saturated carbocycles. The third-order valence-electron chi connectivity index (χ3n) is 7.30. The first-order chi connectivity index (χ1) is 13.3. The second kappa shape index (κ2) is 7.59. The van der Waals surface area contributed by atoms with Gasteiger partial charge in [0, 0.05) is 25.2 Å². The van der Waals surface area contributed by atoms with Gasteiger partial charge < -0.3 is 9.64 Å². The Morgan fingerprint density at radius 1 is 1.14 bits per heavy atom. The highest BCUT2D eigenvalue weighted by Gasteiger charge is 2.47. The van der Waals surface area contributed by atoms with Crippen LogP contribution in [0, 0.1) is 16.7 Å². The van der Waals surface area contributed by atoms with Crippen LogP contribution in [0.2, 0.25) is 0 Å². The maximum atomic E-state index is 12.1. The van der Waals surface area contributed by atoms with Gasteiger partial charge in [0.25, 0.3) is 0 Å². The third kappa shape index (κ3) is 4.46. The van der Waals surface area contributed by atoms with Crippen LogP contribution in [0.5, 0.6) is 0 Å². The van der Waals surface area contributed by atoms with Crippen LogP contribution in [0.25, 0.3) is 0 Å². The average Bonchev–Trinajstić information content (AvgIpc) is 3.00. The van der Waals surface area contributed by atoms with Gasteiger partial charge in [-0.05, 0) is 63.2 Å². The molecule has 1 amide bonds. The van der Waals surface area contributed by atoms with E-state index in [4.69, 9.17) is 4.74 Å². The first-order valence-electron chi connectivity index (χ1n) is 11.2. The monoisotopic (exact) mass is 404 g/mol.